The van der Waals surface area contributed by atoms with Gasteiger partial charge < -0.3 is 19.9 Å². The van der Waals surface area contributed by atoms with Crippen LogP contribution in [0.25, 0.3) is 0 Å². The topological polar surface area (TPSA) is 132 Å². The molecule has 0 bridgehead atoms. The van der Waals surface area contributed by atoms with Crippen molar-refractivity contribution in [3.8, 4) is 0 Å². The number of hydrogen-bond acceptors (Lipinski definition) is 7. The van der Waals surface area contributed by atoms with Crippen LogP contribution >= 0.6 is 0 Å². The number of aromatic nitrogens is 1. The van der Waals surface area contributed by atoms with Crippen molar-refractivity contribution in [3.63, 3.8) is 0 Å². The van der Waals surface area contributed by atoms with Gasteiger partial charge in [-0.25, -0.2) is 14.4 Å². The molecule has 2 N–H and O–H groups in total. The van der Waals surface area contributed by atoms with Crippen LogP contribution in [0.15, 0.2) is 73.1 Å². The summed E-state index contributed by atoms with van der Waals surface area (Å²) in [6.45, 7) is 3.64. The second-order valence-corrected chi connectivity index (χ2v) is 7.45. The van der Waals surface area contributed by atoms with E-state index in [2.05, 4.69) is 10.3 Å². The molecule has 2 aromatic carbocycles. The molecule has 1 heterocycles. The summed E-state index contributed by atoms with van der Waals surface area (Å²) in [6.07, 6.45) is -1.26. The van der Waals surface area contributed by atoms with Gasteiger partial charge in [-0.2, -0.15) is 0 Å². The number of nitrogens with zero attached hydrogens (tertiary/aromatic N) is 1. The third-order valence-electron chi connectivity index (χ3n) is 4.77. The maximum absolute atomic E-state index is 13.0. The summed E-state index contributed by atoms with van der Waals surface area (Å²) < 4.78 is 10.4. The van der Waals surface area contributed by atoms with E-state index in [9.17, 15) is 24.3 Å². The van der Waals surface area contributed by atoms with E-state index in [0.717, 1.165) is 11.1 Å². The number of aryl methyl sites for hydroxylation is 2. The van der Waals surface area contributed by atoms with Crippen molar-refractivity contribution in [1.82, 2.24) is 4.98 Å². The molecule has 3 rings (SSSR count). The van der Waals surface area contributed by atoms with E-state index in [1.165, 1.54) is 48.8 Å². The number of anilines is 1. The highest BCUT2D eigenvalue weighted by Gasteiger charge is 2.41. The Morgan fingerprint density at radius 3 is 1.62 bits per heavy atom. The molecule has 9 nitrogen and oxygen atoms in total. The Kier molecular flexibility index (Phi) is 7.71. The van der Waals surface area contributed by atoms with Gasteiger partial charge in [-0.15, -0.1) is 0 Å². The maximum atomic E-state index is 13.0. The van der Waals surface area contributed by atoms with E-state index >= 15 is 0 Å². The molecule has 174 valence electrons. The van der Waals surface area contributed by atoms with Crippen LogP contribution in [0.3, 0.4) is 0 Å². The summed E-state index contributed by atoms with van der Waals surface area (Å²) >= 11 is 0. The Morgan fingerprint density at radius 1 is 0.735 bits per heavy atom. The van der Waals surface area contributed by atoms with Crippen molar-refractivity contribution in [2.75, 3.05) is 5.32 Å². The number of carboxylic acids is 1. The van der Waals surface area contributed by atoms with Gasteiger partial charge in [-0.05, 0) is 50.2 Å². The van der Waals surface area contributed by atoms with Gasteiger partial charge in [0.2, 0.25) is 12.2 Å². The number of carbonyl (C=O) groups is 4. The molecular formula is C25H22N2O7. The Balaban J connectivity index is 1.89. The minimum atomic E-state index is -2.11. The molecule has 3 aromatic rings. The van der Waals surface area contributed by atoms with E-state index in [-0.39, 0.29) is 16.8 Å². The molecule has 0 radical (unpaired) electrons. The summed E-state index contributed by atoms with van der Waals surface area (Å²) in [5.41, 5.74) is 2.23. The molecule has 0 spiro atoms. The van der Waals surface area contributed by atoms with Crippen LogP contribution in [0.1, 0.15) is 31.8 Å². The fraction of sp³-hybridized carbons (Fsp3) is 0.160. The largest absolute Gasteiger partial charge is 0.478 e. The first-order valence-corrected chi connectivity index (χ1v) is 10.2. The Bertz CT molecular complexity index is 1180. The van der Waals surface area contributed by atoms with Crippen LogP contribution in [-0.4, -0.2) is 46.1 Å². The second-order valence-electron chi connectivity index (χ2n) is 7.45. The molecule has 2 atom stereocenters. The summed E-state index contributed by atoms with van der Waals surface area (Å²) in [5, 5.41) is 12.2. The second kappa shape index (κ2) is 10.9. The lowest BCUT2D eigenvalue weighted by Crippen LogP contribution is -2.48. The fourth-order valence-corrected chi connectivity index (χ4v) is 2.89. The Hall–Kier alpha value is -4.53. The highest BCUT2D eigenvalue weighted by atomic mass is 16.6. The molecule has 1 aromatic heterocycles. The van der Waals surface area contributed by atoms with Crippen LogP contribution in [0, 0.1) is 13.8 Å². The Labute approximate surface area is 195 Å². The predicted octanol–water partition coefficient (Wildman–Crippen LogP) is 3.17. The molecule has 1 amide bonds. The van der Waals surface area contributed by atoms with E-state index in [1.54, 1.807) is 24.3 Å². The average molecular weight is 462 g/mol. The van der Waals surface area contributed by atoms with Gasteiger partial charge in [0.05, 0.1) is 11.1 Å². The number of nitrogens with one attached hydrogen (secondary N) is 1. The highest BCUT2D eigenvalue weighted by molar-refractivity contribution is 6.01. The van der Waals surface area contributed by atoms with Crippen LogP contribution in [0.2, 0.25) is 0 Å². The molecule has 0 unspecified atom stereocenters. The van der Waals surface area contributed by atoms with Crippen molar-refractivity contribution >= 4 is 29.5 Å². The molecule has 0 aliphatic heterocycles. The molecular weight excluding hydrogens is 440 g/mol. The fourth-order valence-electron chi connectivity index (χ4n) is 2.89. The smallest absolute Gasteiger partial charge is 0.349 e. The molecule has 0 aliphatic rings. The van der Waals surface area contributed by atoms with Gasteiger partial charge in [0, 0.05) is 18.1 Å². The first kappa shape index (κ1) is 24.1. The minimum absolute atomic E-state index is 0.0787. The molecule has 9 heteroatoms. The van der Waals surface area contributed by atoms with Gasteiger partial charge in [0.1, 0.15) is 0 Å². The van der Waals surface area contributed by atoms with Crippen molar-refractivity contribution < 1.29 is 33.8 Å². The molecule has 0 fully saturated rings. The number of carbonyl (C=O) groups excluding carboxylic acids is 3. The number of carboxylic acid groups (broad SMARTS) is 1. The monoisotopic (exact) mass is 462 g/mol. The normalized spacial score (nSPS) is 12.2. The van der Waals surface area contributed by atoms with E-state index in [4.69, 9.17) is 9.47 Å². The quantitative estimate of drug-likeness (QED) is 0.488. The lowest BCUT2D eigenvalue weighted by atomic mass is 10.1. The first-order chi connectivity index (χ1) is 16.2. The predicted molar refractivity (Wildman–Crippen MR) is 121 cm³/mol. The molecule has 0 aliphatic carbocycles. The average Bonchev–Trinajstić information content (AvgIpc) is 2.82. The highest BCUT2D eigenvalue weighted by Crippen LogP contribution is 2.16. The third-order valence-corrected chi connectivity index (χ3v) is 4.77. The number of aliphatic carboxylic acids is 1. The van der Waals surface area contributed by atoms with Gasteiger partial charge in [0.15, 0.2) is 0 Å². The number of ether oxygens (including phenoxy) is 2. The minimum Gasteiger partial charge on any atom is -0.478 e. The van der Waals surface area contributed by atoms with Crippen LogP contribution in [-0.2, 0) is 19.1 Å². The van der Waals surface area contributed by atoms with Crippen LogP contribution in [0.5, 0.6) is 0 Å². The van der Waals surface area contributed by atoms with E-state index in [0.29, 0.717) is 0 Å². The lowest BCUT2D eigenvalue weighted by Gasteiger charge is -2.23. The number of rotatable bonds is 8. The summed E-state index contributed by atoms with van der Waals surface area (Å²) in [5.74, 6) is -4.59. The zero-order valence-corrected chi connectivity index (χ0v) is 18.4. The number of amides is 1. The van der Waals surface area contributed by atoms with Gasteiger partial charge in [-0.1, -0.05) is 35.4 Å². The number of pyridine rings is 1. The van der Waals surface area contributed by atoms with Crippen molar-refractivity contribution in [3.05, 3.63) is 95.3 Å². The Morgan fingerprint density at radius 2 is 1.18 bits per heavy atom. The summed E-state index contributed by atoms with van der Waals surface area (Å²) in [6, 6.07) is 15.4. The van der Waals surface area contributed by atoms with Crippen LogP contribution < -0.4 is 5.32 Å². The number of esters is 2. The molecule has 0 saturated heterocycles. The zero-order valence-electron chi connectivity index (χ0n) is 18.4. The molecule has 34 heavy (non-hydrogen) atoms. The number of hydrogen-bond donors (Lipinski definition) is 2. The van der Waals surface area contributed by atoms with Crippen molar-refractivity contribution in [2.24, 2.45) is 0 Å². The maximum Gasteiger partial charge on any atom is 0.349 e. The van der Waals surface area contributed by atoms with Crippen molar-refractivity contribution in [1.29, 1.82) is 0 Å². The first-order valence-electron chi connectivity index (χ1n) is 10.2. The van der Waals surface area contributed by atoms with E-state index in [1.807, 2.05) is 13.8 Å². The zero-order chi connectivity index (χ0) is 24.7. The van der Waals surface area contributed by atoms with Gasteiger partial charge >= 0.3 is 17.9 Å². The van der Waals surface area contributed by atoms with E-state index < -0.39 is 36.0 Å². The van der Waals surface area contributed by atoms with Gasteiger partial charge in [0.25, 0.3) is 5.91 Å². The summed E-state index contributed by atoms with van der Waals surface area (Å²) in [4.78, 5) is 54.1. The lowest BCUT2D eigenvalue weighted by molar-refractivity contribution is -0.157. The van der Waals surface area contributed by atoms with Crippen LogP contribution in [0.4, 0.5) is 5.69 Å². The molecule has 0 saturated carbocycles. The van der Waals surface area contributed by atoms with Gasteiger partial charge in [-0.3, -0.25) is 9.78 Å². The SMILES string of the molecule is Cc1ccc(C(=O)O[C@H](C(=O)O)[C@H](OC(=O)c2ccc(C)cc2)C(=O)Nc2ccncc2)cc1. The number of benzene rings is 2. The standard InChI is InChI=1S/C25H22N2O7/c1-15-3-7-17(8-4-15)24(31)33-20(22(28)27-19-11-13-26-14-12-19)21(23(29)30)34-25(32)18-9-5-16(2)6-10-18/h3-14,20-21H,1-2H3,(H,29,30)(H,26,27,28)/t20-,21-/m0/s1. The van der Waals surface area contributed by atoms with Crippen molar-refractivity contribution in [2.45, 2.75) is 26.1 Å². The summed E-state index contributed by atoms with van der Waals surface area (Å²) in [7, 11) is 0. The third kappa shape index (κ3) is 6.26.